The van der Waals surface area contributed by atoms with Crippen LogP contribution in [0, 0.1) is 0 Å². The van der Waals surface area contributed by atoms with E-state index in [1.807, 2.05) is 7.11 Å². The Bertz CT molecular complexity index is 43.8. The van der Waals surface area contributed by atoms with Gasteiger partial charge in [-0.3, -0.25) is 0 Å². The van der Waals surface area contributed by atoms with Crippen molar-refractivity contribution in [1.29, 1.82) is 0 Å². The molecule has 1 atom stereocenters. The minimum absolute atomic E-state index is 0.692. The molecule has 0 aromatic rings. The maximum Gasteiger partial charge on any atom is 0.176 e. The third-order valence-corrected chi connectivity index (χ3v) is 4.20. The van der Waals surface area contributed by atoms with Gasteiger partial charge in [-0.1, -0.05) is 20.3 Å². The van der Waals surface area contributed by atoms with Crippen molar-refractivity contribution in [2.45, 2.75) is 32.4 Å². The Labute approximate surface area is 53.8 Å². The predicted molar refractivity (Wildman–Crippen MR) is 39.7 cm³/mol. The second-order valence-corrected chi connectivity index (χ2v) is 5.16. The molecule has 0 bridgehead atoms. The van der Waals surface area contributed by atoms with Crippen LogP contribution in [0.5, 0.6) is 0 Å². The average molecular weight is 132 g/mol. The second kappa shape index (κ2) is 5.32. The number of rotatable bonds is 4. The van der Waals surface area contributed by atoms with Gasteiger partial charge in [0.2, 0.25) is 0 Å². The van der Waals surface area contributed by atoms with E-state index in [-0.39, 0.29) is 0 Å². The first-order valence-electron chi connectivity index (χ1n) is 3.37. The zero-order valence-electron chi connectivity index (χ0n) is 6.11. The van der Waals surface area contributed by atoms with E-state index in [1.165, 1.54) is 18.5 Å². The van der Waals surface area contributed by atoms with E-state index in [4.69, 9.17) is 4.43 Å². The summed E-state index contributed by atoms with van der Waals surface area (Å²) < 4.78 is 5.28. The minimum Gasteiger partial charge on any atom is -0.423 e. The van der Waals surface area contributed by atoms with E-state index < -0.39 is 9.04 Å². The van der Waals surface area contributed by atoms with E-state index >= 15 is 0 Å². The summed E-state index contributed by atoms with van der Waals surface area (Å²) in [6.45, 7) is 4.44. The first kappa shape index (κ1) is 8.18. The molecule has 0 aliphatic heterocycles. The zero-order chi connectivity index (χ0) is 6.41. The lowest BCUT2D eigenvalue weighted by molar-refractivity contribution is 0.418. The quantitative estimate of drug-likeness (QED) is 0.530. The smallest absolute Gasteiger partial charge is 0.176 e. The van der Waals surface area contributed by atoms with Gasteiger partial charge in [0, 0.05) is 7.11 Å². The standard InChI is InChI=1S/C6H16OSi/c1-4-6-8(5-2)7-3/h8H,4-6H2,1-3H3. The summed E-state index contributed by atoms with van der Waals surface area (Å²) in [6, 6.07) is 2.62. The monoisotopic (exact) mass is 132 g/mol. The summed E-state index contributed by atoms with van der Waals surface area (Å²) >= 11 is 0. The van der Waals surface area contributed by atoms with Gasteiger partial charge >= 0.3 is 0 Å². The van der Waals surface area contributed by atoms with Crippen molar-refractivity contribution in [3.05, 3.63) is 0 Å². The molecule has 0 saturated carbocycles. The van der Waals surface area contributed by atoms with Crippen molar-refractivity contribution in [1.82, 2.24) is 0 Å². The first-order valence-corrected chi connectivity index (χ1v) is 5.48. The van der Waals surface area contributed by atoms with Crippen LogP contribution in [0.1, 0.15) is 20.3 Å². The molecule has 0 aliphatic carbocycles. The minimum atomic E-state index is -0.692. The number of hydrogen-bond acceptors (Lipinski definition) is 1. The Balaban J connectivity index is 3.07. The summed E-state index contributed by atoms with van der Waals surface area (Å²) in [7, 11) is 1.15. The summed E-state index contributed by atoms with van der Waals surface area (Å²) in [5, 5.41) is 0. The van der Waals surface area contributed by atoms with Gasteiger partial charge in [-0.15, -0.1) is 0 Å². The third kappa shape index (κ3) is 3.21. The highest BCUT2D eigenvalue weighted by Gasteiger charge is 2.02. The molecule has 0 fully saturated rings. The fourth-order valence-electron chi connectivity index (χ4n) is 0.811. The maximum absolute atomic E-state index is 5.28. The molecule has 0 aromatic carbocycles. The molecule has 0 aliphatic rings. The first-order chi connectivity index (χ1) is 3.85. The molecule has 0 amide bonds. The summed E-state index contributed by atoms with van der Waals surface area (Å²) in [5.74, 6) is 0. The lowest BCUT2D eigenvalue weighted by Gasteiger charge is -2.07. The van der Waals surface area contributed by atoms with E-state index in [1.54, 1.807) is 0 Å². The van der Waals surface area contributed by atoms with Crippen LogP contribution in [0.4, 0.5) is 0 Å². The van der Waals surface area contributed by atoms with Crippen LogP contribution in [-0.4, -0.2) is 16.2 Å². The van der Waals surface area contributed by atoms with E-state index in [9.17, 15) is 0 Å². The Morgan fingerprint density at radius 3 is 2.12 bits per heavy atom. The van der Waals surface area contributed by atoms with Crippen molar-refractivity contribution in [3.8, 4) is 0 Å². The molecular weight excluding hydrogens is 116 g/mol. The fourth-order valence-corrected chi connectivity index (χ4v) is 2.43. The second-order valence-electron chi connectivity index (χ2n) is 2.05. The van der Waals surface area contributed by atoms with Crippen LogP contribution in [0.25, 0.3) is 0 Å². The molecular formula is C6H16OSi. The SMILES string of the molecule is CCC[SiH](CC)OC. The van der Waals surface area contributed by atoms with Crippen molar-refractivity contribution in [3.63, 3.8) is 0 Å². The van der Waals surface area contributed by atoms with Gasteiger partial charge in [-0.2, -0.15) is 0 Å². The summed E-state index contributed by atoms with van der Waals surface area (Å²) in [5.41, 5.74) is 0. The molecule has 0 spiro atoms. The molecule has 0 radical (unpaired) electrons. The Morgan fingerprint density at radius 2 is 2.00 bits per heavy atom. The summed E-state index contributed by atoms with van der Waals surface area (Å²) in [4.78, 5) is 0. The molecule has 2 heteroatoms. The molecule has 0 saturated heterocycles. The number of hydrogen-bond donors (Lipinski definition) is 0. The van der Waals surface area contributed by atoms with Gasteiger partial charge in [0.25, 0.3) is 0 Å². The van der Waals surface area contributed by atoms with Gasteiger partial charge in [0.1, 0.15) is 0 Å². The molecule has 0 N–H and O–H groups in total. The molecule has 0 heterocycles. The summed E-state index contributed by atoms with van der Waals surface area (Å²) in [6.07, 6.45) is 1.29. The van der Waals surface area contributed by atoms with E-state index in [0.29, 0.717) is 0 Å². The van der Waals surface area contributed by atoms with Crippen LogP contribution < -0.4 is 0 Å². The Morgan fingerprint density at radius 1 is 1.38 bits per heavy atom. The van der Waals surface area contributed by atoms with Gasteiger partial charge in [-0.05, 0) is 12.1 Å². The van der Waals surface area contributed by atoms with Crippen molar-refractivity contribution in [2.75, 3.05) is 7.11 Å². The van der Waals surface area contributed by atoms with Crippen molar-refractivity contribution >= 4 is 9.04 Å². The Hall–Kier alpha value is 0.177. The largest absolute Gasteiger partial charge is 0.423 e. The van der Waals surface area contributed by atoms with Crippen molar-refractivity contribution in [2.24, 2.45) is 0 Å². The highest BCUT2D eigenvalue weighted by atomic mass is 28.3. The maximum atomic E-state index is 5.28. The molecule has 50 valence electrons. The van der Waals surface area contributed by atoms with Gasteiger partial charge in [-0.25, -0.2) is 0 Å². The fraction of sp³-hybridized carbons (Fsp3) is 1.00. The average Bonchev–Trinajstić information content (AvgIpc) is 1.83. The van der Waals surface area contributed by atoms with Gasteiger partial charge in [0.15, 0.2) is 9.04 Å². The van der Waals surface area contributed by atoms with E-state index in [0.717, 1.165) is 0 Å². The lowest BCUT2D eigenvalue weighted by Crippen LogP contribution is -2.12. The van der Waals surface area contributed by atoms with Crippen molar-refractivity contribution < 1.29 is 4.43 Å². The van der Waals surface area contributed by atoms with Crippen LogP contribution in [0.3, 0.4) is 0 Å². The topological polar surface area (TPSA) is 9.23 Å². The van der Waals surface area contributed by atoms with Gasteiger partial charge in [0.05, 0.1) is 0 Å². The van der Waals surface area contributed by atoms with Crippen LogP contribution in [0.15, 0.2) is 0 Å². The van der Waals surface area contributed by atoms with E-state index in [2.05, 4.69) is 13.8 Å². The molecule has 1 nitrogen and oxygen atoms in total. The molecule has 0 aromatic heterocycles. The van der Waals surface area contributed by atoms with Crippen LogP contribution in [-0.2, 0) is 4.43 Å². The highest BCUT2D eigenvalue weighted by Crippen LogP contribution is 2.01. The predicted octanol–water partition coefficient (Wildman–Crippen LogP) is 1.79. The normalized spacial score (nSPS) is 13.9. The third-order valence-electron chi connectivity index (χ3n) is 1.40. The lowest BCUT2D eigenvalue weighted by atomic mass is 10.6. The van der Waals surface area contributed by atoms with Crippen LogP contribution >= 0.6 is 0 Å². The van der Waals surface area contributed by atoms with Gasteiger partial charge < -0.3 is 4.43 Å². The highest BCUT2D eigenvalue weighted by molar-refractivity contribution is 6.51. The molecule has 1 unspecified atom stereocenters. The van der Waals surface area contributed by atoms with Crippen LogP contribution in [0.2, 0.25) is 12.1 Å². The zero-order valence-corrected chi connectivity index (χ0v) is 7.26. The molecule has 8 heavy (non-hydrogen) atoms. The Kier molecular flexibility index (Phi) is 5.43. The molecule has 0 rings (SSSR count).